The van der Waals surface area contributed by atoms with Crippen LogP contribution in [0.5, 0.6) is 0 Å². The van der Waals surface area contributed by atoms with Gasteiger partial charge < -0.3 is 20.7 Å². The summed E-state index contributed by atoms with van der Waals surface area (Å²) in [7, 11) is 0. The number of thiazole rings is 1. The molecular formula is C12H16N4O6S. The number of anilines is 1. The quantitative estimate of drug-likeness (QED) is 0.566. The lowest BCUT2D eigenvalue weighted by atomic mass is 10.2. The van der Waals surface area contributed by atoms with Crippen molar-refractivity contribution in [1.82, 2.24) is 14.5 Å². The first-order valence-corrected chi connectivity index (χ1v) is 7.51. The van der Waals surface area contributed by atoms with Crippen LogP contribution in [0.4, 0.5) is 5.95 Å². The Morgan fingerprint density at radius 3 is 2.74 bits per heavy atom. The zero-order valence-corrected chi connectivity index (χ0v) is 13.0. The summed E-state index contributed by atoms with van der Waals surface area (Å²) in [5.41, 5.74) is 5.30. The molecule has 0 spiro atoms. The van der Waals surface area contributed by atoms with Gasteiger partial charge in [-0.15, -0.1) is 0 Å². The number of rotatable bonds is 2. The molecule has 10 nitrogen and oxygen atoms in total. The van der Waals surface area contributed by atoms with E-state index in [9.17, 15) is 9.59 Å². The van der Waals surface area contributed by atoms with Gasteiger partial charge in [0.2, 0.25) is 5.95 Å². The Hall–Kier alpha value is -2.24. The lowest BCUT2D eigenvalue weighted by Gasteiger charge is -2.13. The Morgan fingerprint density at radius 2 is 2.17 bits per heavy atom. The molecule has 0 saturated carbocycles. The van der Waals surface area contributed by atoms with Crippen molar-refractivity contribution in [2.24, 2.45) is 0 Å². The normalized spacial score (nSPS) is 20.3. The number of nitrogens with two attached hydrogens (primary N) is 1. The molecule has 23 heavy (non-hydrogen) atoms. The first-order chi connectivity index (χ1) is 10.8. The van der Waals surface area contributed by atoms with Crippen LogP contribution in [-0.4, -0.2) is 43.4 Å². The van der Waals surface area contributed by atoms with Gasteiger partial charge in [0.25, 0.3) is 11.5 Å². The summed E-state index contributed by atoms with van der Waals surface area (Å²) >= 11 is 0.813. The molecule has 0 bridgehead atoms. The SMILES string of the molecule is CC(=O)O.Nc1nc2c(sc(=O)n2C2CCC(CO)O2)c(=O)[nH]1. The van der Waals surface area contributed by atoms with E-state index in [-0.39, 0.29) is 33.9 Å². The third kappa shape index (κ3) is 3.75. The van der Waals surface area contributed by atoms with Crippen molar-refractivity contribution in [3.63, 3.8) is 0 Å². The van der Waals surface area contributed by atoms with Crippen LogP contribution in [0.3, 0.4) is 0 Å². The van der Waals surface area contributed by atoms with Crippen molar-refractivity contribution in [2.45, 2.75) is 32.1 Å². The van der Waals surface area contributed by atoms with Gasteiger partial charge in [-0.3, -0.25) is 23.9 Å². The summed E-state index contributed by atoms with van der Waals surface area (Å²) < 4.78 is 7.12. The number of nitrogens with one attached hydrogen (secondary N) is 1. The minimum atomic E-state index is -0.833. The molecule has 2 aromatic rings. The number of ether oxygens (including phenoxy) is 1. The zero-order chi connectivity index (χ0) is 17.1. The van der Waals surface area contributed by atoms with Gasteiger partial charge in [-0.2, -0.15) is 4.98 Å². The molecule has 0 radical (unpaired) electrons. The van der Waals surface area contributed by atoms with Crippen LogP contribution in [0.15, 0.2) is 9.59 Å². The molecule has 0 amide bonds. The molecule has 126 valence electrons. The summed E-state index contributed by atoms with van der Waals surface area (Å²) in [5, 5.41) is 16.5. The summed E-state index contributed by atoms with van der Waals surface area (Å²) in [6, 6.07) is 0. The van der Waals surface area contributed by atoms with Gasteiger partial charge in [-0.05, 0) is 12.8 Å². The average Bonchev–Trinajstić information content (AvgIpc) is 3.02. The molecule has 2 atom stereocenters. The van der Waals surface area contributed by atoms with Crippen molar-refractivity contribution in [1.29, 1.82) is 0 Å². The molecule has 3 rings (SSSR count). The van der Waals surface area contributed by atoms with Gasteiger partial charge in [-0.25, -0.2) is 0 Å². The van der Waals surface area contributed by atoms with Crippen molar-refractivity contribution < 1.29 is 19.7 Å². The number of carboxylic acid groups (broad SMARTS) is 1. The molecule has 2 unspecified atom stereocenters. The molecule has 1 aliphatic rings. The second-order valence-electron chi connectivity index (χ2n) is 4.83. The maximum atomic E-state index is 12.0. The van der Waals surface area contributed by atoms with E-state index >= 15 is 0 Å². The molecule has 5 N–H and O–H groups in total. The average molecular weight is 344 g/mol. The van der Waals surface area contributed by atoms with Gasteiger partial charge in [0, 0.05) is 6.92 Å². The van der Waals surface area contributed by atoms with E-state index in [1.165, 1.54) is 4.57 Å². The molecule has 2 aromatic heterocycles. The lowest BCUT2D eigenvalue weighted by molar-refractivity contribution is -0.134. The standard InChI is InChI=1S/C10H12N4O4S.C2H4O2/c11-9-12-7-6(8(16)13-9)19-10(17)14(7)5-2-1-4(3-15)18-5;1-2(3)4/h4-5,15H,1-3H2,(H3,11,12,13,16);1H3,(H,3,4). The highest BCUT2D eigenvalue weighted by Gasteiger charge is 2.29. The maximum Gasteiger partial charge on any atom is 0.311 e. The van der Waals surface area contributed by atoms with E-state index in [4.69, 9.17) is 25.5 Å². The Balaban J connectivity index is 0.000000433. The molecule has 0 aromatic carbocycles. The van der Waals surface area contributed by atoms with E-state index in [0.717, 1.165) is 18.3 Å². The van der Waals surface area contributed by atoms with Gasteiger partial charge in [0.1, 0.15) is 10.9 Å². The Morgan fingerprint density at radius 1 is 1.52 bits per heavy atom. The number of nitrogen functional groups attached to an aromatic ring is 1. The number of aromatic nitrogens is 3. The highest BCUT2D eigenvalue weighted by molar-refractivity contribution is 7.16. The van der Waals surface area contributed by atoms with Crippen molar-refractivity contribution in [3.05, 3.63) is 20.0 Å². The fourth-order valence-corrected chi connectivity index (χ4v) is 3.07. The van der Waals surface area contributed by atoms with Crippen molar-refractivity contribution in [2.75, 3.05) is 12.3 Å². The molecule has 0 aliphatic carbocycles. The largest absolute Gasteiger partial charge is 0.481 e. The second kappa shape index (κ2) is 6.89. The van der Waals surface area contributed by atoms with E-state index in [1.807, 2.05) is 0 Å². The molecule has 1 aliphatic heterocycles. The molecule has 1 fully saturated rings. The maximum absolute atomic E-state index is 12.0. The minimum Gasteiger partial charge on any atom is -0.481 e. The highest BCUT2D eigenvalue weighted by atomic mass is 32.1. The number of aliphatic carboxylic acids is 1. The number of fused-ring (bicyclic) bond motifs is 1. The molecule has 11 heteroatoms. The van der Waals surface area contributed by atoms with Gasteiger partial charge >= 0.3 is 4.87 Å². The fraction of sp³-hybridized carbons (Fsp3) is 0.500. The van der Waals surface area contributed by atoms with Gasteiger partial charge in [0.15, 0.2) is 5.65 Å². The van der Waals surface area contributed by atoms with Gasteiger partial charge in [0.05, 0.1) is 12.7 Å². The summed E-state index contributed by atoms with van der Waals surface area (Å²) in [4.78, 5) is 38.7. The minimum absolute atomic E-state index is 0.0410. The Bertz CT molecular complexity index is 821. The number of aliphatic hydroxyl groups excluding tert-OH is 1. The third-order valence-electron chi connectivity index (χ3n) is 3.07. The number of aromatic amines is 1. The van der Waals surface area contributed by atoms with Crippen LogP contribution in [-0.2, 0) is 9.53 Å². The number of aliphatic hydroxyl groups is 1. The van der Waals surface area contributed by atoms with E-state index in [0.29, 0.717) is 12.8 Å². The lowest BCUT2D eigenvalue weighted by Crippen LogP contribution is -2.22. The fourth-order valence-electron chi connectivity index (χ4n) is 2.21. The first-order valence-electron chi connectivity index (χ1n) is 6.70. The Kier molecular flexibility index (Phi) is 5.13. The number of H-pyrrole nitrogens is 1. The number of nitrogens with zero attached hydrogens (tertiary/aromatic N) is 2. The number of hydrogen-bond donors (Lipinski definition) is 4. The van der Waals surface area contributed by atoms with Crippen molar-refractivity contribution >= 4 is 33.6 Å². The topological polar surface area (TPSA) is 161 Å². The predicted octanol–water partition coefficient (Wildman–Crippen LogP) is -0.511. The van der Waals surface area contributed by atoms with E-state index in [1.54, 1.807) is 0 Å². The number of carboxylic acids is 1. The van der Waals surface area contributed by atoms with Crippen LogP contribution in [0.2, 0.25) is 0 Å². The zero-order valence-electron chi connectivity index (χ0n) is 12.2. The van der Waals surface area contributed by atoms with Gasteiger partial charge in [-0.1, -0.05) is 11.3 Å². The predicted molar refractivity (Wildman–Crippen MR) is 82.5 cm³/mol. The molecule has 1 saturated heterocycles. The summed E-state index contributed by atoms with van der Waals surface area (Å²) in [6.45, 7) is 0.990. The van der Waals surface area contributed by atoms with Crippen LogP contribution >= 0.6 is 11.3 Å². The monoisotopic (exact) mass is 344 g/mol. The van der Waals surface area contributed by atoms with Crippen LogP contribution < -0.4 is 16.2 Å². The summed E-state index contributed by atoms with van der Waals surface area (Å²) in [6.07, 6.45) is 0.452. The van der Waals surface area contributed by atoms with Crippen LogP contribution in [0.1, 0.15) is 26.0 Å². The number of hydrogen-bond acceptors (Lipinski definition) is 8. The third-order valence-corrected chi connectivity index (χ3v) is 4.01. The second-order valence-corrected chi connectivity index (χ2v) is 5.80. The smallest absolute Gasteiger partial charge is 0.311 e. The summed E-state index contributed by atoms with van der Waals surface area (Å²) in [5.74, 6) is -0.874. The van der Waals surface area contributed by atoms with E-state index < -0.39 is 17.8 Å². The Labute approximate surface area is 133 Å². The van der Waals surface area contributed by atoms with Crippen LogP contribution in [0, 0.1) is 0 Å². The van der Waals surface area contributed by atoms with E-state index in [2.05, 4.69) is 9.97 Å². The highest BCUT2D eigenvalue weighted by Crippen LogP contribution is 2.29. The first kappa shape index (κ1) is 17.1. The molecule has 3 heterocycles. The number of carbonyl (C=O) groups is 1. The van der Waals surface area contributed by atoms with Crippen LogP contribution in [0.25, 0.3) is 10.3 Å². The van der Waals surface area contributed by atoms with Crippen molar-refractivity contribution in [3.8, 4) is 0 Å². The molecular weight excluding hydrogens is 328 g/mol.